The maximum absolute atomic E-state index is 13.5. The first kappa shape index (κ1) is 15.0. The van der Waals surface area contributed by atoms with Gasteiger partial charge in [0.05, 0.1) is 17.6 Å². The summed E-state index contributed by atoms with van der Waals surface area (Å²) >= 11 is 0. The second-order valence-electron chi connectivity index (χ2n) is 4.60. The van der Waals surface area contributed by atoms with Crippen LogP contribution in [0, 0.1) is 5.82 Å². The average Bonchev–Trinajstić information content (AvgIpc) is 2.77. The first-order valence-corrected chi connectivity index (χ1v) is 6.09. The third-order valence-corrected chi connectivity index (χ3v) is 2.89. The number of aryl methyl sites for hydroxylation is 1. The van der Waals surface area contributed by atoms with Gasteiger partial charge in [0.1, 0.15) is 0 Å². The molecule has 0 unspecified atom stereocenters. The summed E-state index contributed by atoms with van der Waals surface area (Å²) in [5.74, 6) is -1.46. The van der Waals surface area contributed by atoms with Crippen LogP contribution in [0.2, 0.25) is 0 Å². The van der Waals surface area contributed by atoms with E-state index in [2.05, 4.69) is 9.84 Å². The van der Waals surface area contributed by atoms with Crippen molar-refractivity contribution in [2.24, 2.45) is 7.05 Å². The number of hydrogen-bond acceptors (Lipinski definition) is 4. The van der Waals surface area contributed by atoms with Gasteiger partial charge < -0.3 is 15.4 Å². The van der Waals surface area contributed by atoms with Crippen LogP contribution in [0.1, 0.15) is 5.56 Å². The predicted molar refractivity (Wildman–Crippen MR) is 72.8 cm³/mol. The molecule has 0 amide bonds. The number of alkyl halides is 2. The Labute approximate surface area is 119 Å². The molecule has 0 atom stereocenters. The largest absolute Gasteiger partial charge is 0.432 e. The van der Waals surface area contributed by atoms with Gasteiger partial charge in [-0.1, -0.05) is 0 Å². The van der Waals surface area contributed by atoms with Crippen molar-refractivity contribution in [1.82, 2.24) is 9.78 Å². The fourth-order valence-electron chi connectivity index (χ4n) is 1.99. The third kappa shape index (κ3) is 3.59. The van der Waals surface area contributed by atoms with Crippen LogP contribution in [0.3, 0.4) is 0 Å². The fourth-order valence-corrected chi connectivity index (χ4v) is 1.99. The van der Waals surface area contributed by atoms with E-state index in [4.69, 9.17) is 5.73 Å². The number of rotatable bonds is 5. The van der Waals surface area contributed by atoms with Gasteiger partial charge in [-0.15, -0.1) is 0 Å². The molecule has 0 saturated carbocycles. The van der Waals surface area contributed by atoms with E-state index in [0.717, 1.165) is 17.7 Å². The normalized spacial score (nSPS) is 11.0. The molecule has 0 aliphatic heterocycles. The summed E-state index contributed by atoms with van der Waals surface area (Å²) in [5, 5.41) is 4.03. The third-order valence-electron chi connectivity index (χ3n) is 2.89. The van der Waals surface area contributed by atoms with Crippen molar-refractivity contribution in [3.63, 3.8) is 0 Å². The van der Waals surface area contributed by atoms with Crippen LogP contribution in [-0.4, -0.2) is 23.4 Å². The van der Waals surface area contributed by atoms with Crippen molar-refractivity contribution < 1.29 is 17.9 Å². The summed E-state index contributed by atoms with van der Waals surface area (Å²) in [6, 6.07) is 2.12. The molecular weight excluding hydrogens is 285 g/mol. The molecule has 0 fully saturated rings. The molecule has 0 aliphatic rings. The maximum atomic E-state index is 13.5. The van der Waals surface area contributed by atoms with Gasteiger partial charge >= 0.3 is 6.61 Å². The van der Waals surface area contributed by atoms with Gasteiger partial charge in [0.15, 0.2) is 11.6 Å². The van der Waals surface area contributed by atoms with Crippen LogP contribution in [-0.2, 0) is 13.6 Å². The van der Waals surface area contributed by atoms with Gasteiger partial charge in [-0.2, -0.15) is 13.9 Å². The molecule has 1 heterocycles. The molecule has 1 aromatic heterocycles. The van der Waals surface area contributed by atoms with Crippen molar-refractivity contribution in [1.29, 1.82) is 0 Å². The first-order chi connectivity index (χ1) is 9.86. The summed E-state index contributed by atoms with van der Waals surface area (Å²) in [6.07, 6.45) is 3.49. The highest BCUT2D eigenvalue weighted by Gasteiger charge is 2.16. The SMILES string of the molecule is CN(Cc1cnn(C)c1)c1cc(OC(F)F)c(F)cc1N. The maximum Gasteiger partial charge on any atom is 0.387 e. The number of anilines is 2. The molecule has 0 bridgehead atoms. The zero-order valence-corrected chi connectivity index (χ0v) is 11.6. The Morgan fingerprint density at radius 1 is 1.43 bits per heavy atom. The number of aromatic nitrogens is 2. The Kier molecular flexibility index (Phi) is 4.25. The zero-order chi connectivity index (χ0) is 15.6. The molecule has 0 saturated heterocycles. The van der Waals surface area contributed by atoms with Gasteiger partial charge in [-0.25, -0.2) is 4.39 Å². The van der Waals surface area contributed by atoms with Gasteiger partial charge in [-0.3, -0.25) is 4.68 Å². The Bertz CT molecular complexity index is 630. The molecular formula is C13H15F3N4O. The molecule has 2 N–H and O–H groups in total. The van der Waals surface area contributed by atoms with Gasteiger partial charge in [0, 0.05) is 44.5 Å². The number of nitrogen functional groups attached to an aromatic ring is 1. The summed E-state index contributed by atoms with van der Waals surface area (Å²) in [6.45, 7) is -2.66. The van der Waals surface area contributed by atoms with Crippen LogP contribution >= 0.6 is 0 Å². The topological polar surface area (TPSA) is 56.3 Å². The highest BCUT2D eigenvalue weighted by atomic mass is 19.3. The lowest BCUT2D eigenvalue weighted by molar-refractivity contribution is -0.0521. The highest BCUT2D eigenvalue weighted by Crippen LogP contribution is 2.32. The Balaban J connectivity index is 2.25. The Hall–Kier alpha value is -2.38. The number of hydrogen-bond donors (Lipinski definition) is 1. The molecule has 21 heavy (non-hydrogen) atoms. The smallest absolute Gasteiger partial charge is 0.387 e. The van der Waals surface area contributed by atoms with Gasteiger partial charge in [0.2, 0.25) is 0 Å². The van der Waals surface area contributed by atoms with E-state index in [0.29, 0.717) is 12.2 Å². The minimum absolute atomic E-state index is 0.139. The first-order valence-electron chi connectivity index (χ1n) is 6.09. The lowest BCUT2D eigenvalue weighted by Crippen LogP contribution is -2.18. The number of nitrogens with two attached hydrogens (primary N) is 1. The molecule has 1 aromatic carbocycles. The van der Waals surface area contributed by atoms with Crippen molar-refractivity contribution in [3.05, 3.63) is 35.9 Å². The molecule has 0 spiro atoms. The monoisotopic (exact) mass is 300 g/mol. The van der Waals surface area contributed by atoms with Crippen molar-refractivity contribution in [2.75, 3.05) is 17.7 Å². The second kappa shape index (κ2) is 5.94. The van der Waals surface area contributed by atoms with Crippen LogP contribution in [0.25, 0.3) is 0 Å². The Morgan fingerprint density at radius 2 is 2.14 bits per heavy atom. The lowest BCUT2D eigenvalue weighted by Gasteiger charge is -2.21. The molecule has 0 radical (unpaired) electrons. The predicted octanol–water partition coefficient (Wildman–Crippen LogP) is 2.38. The van der Waals surface area contributed by atoms with E-state index in [9.17, 15) is 13.2 Å². The number of ether oxygens (including phenoxy) is 1. The van der Waals surface area contributed by atoms with E-state index >= 15 is 0 Å². The number of benzene rings is 1. The molecule has 2 aromatic rings. The quantitative estimate of drug-likeness (QED) is 0.861. The van der Waals surface area contributed by atoms with Gasteiger partial charge in [-0.05, 0) is 0 Å². The minimum Gasteiger partial charge on any atom is -0.432 e. The van der Waals surface area contributed by atoms with Crippen molar-refractivity contribution >= 4 is 11.4 Å². The van der Waals surface area contributed by atoms with E-state index in [-0.39, 0.29) is 5.69 Å². The van der Waals surface area contributed by atoms with Crippen molar-refractivity contribution in [2.45, 2.75) is 13.2 Å². The second-order valence-corrected chi connectivity index (χ2v) is 4.60. The number of halogens is 3. The van der Waals surface area contributed by atoms with E-state index in [1.54, 1.807) is 29.9 Å². The summed E-state index contributed by atoms with van der Waals surface area (Å²) in [7, 11) is 3.49. The molecule has 8 heteroatoms. The molecule has 5 nitrogen and oxygen atoms in total. The average molecular weight is 300 g/mol. The number of nitrogens with zero attached hydrogens (tertiary/aromatic N) is 3. The zero-order valence-electron chi connectivity index (χ0n) is 11.6. The highest BCUT2D eigenvalue weighted by molar-refractivity contribution is 5.69. The lowest BCUT2D eigenvalue weighted by atomic mass is 10.2. The van der Waals surface area contributed by atoms with Crippen LogP contribution in [0.5, 0.6) is 5.75 Å². The molecule has 0 aliphatic carbocycles. The minimum atomic E-state index is -3.10. The molecule has 114 valence electrons. The summed E-state index contributed by atoms with van der Waals surface area (Å²) in [5.41, 5.74) is 7.18. The van der Waals surface area contributed by atoms with E-state index in [1.165, 1.54) is 0 Å². The van der Waals surface area contributed by atoms with Crippen molar-refractivity contribution in [3.8, 4) is 5.75 Å². The Morgan fingerprint density at radius 3 is 2.71 bits per heavy atom. The van der Waals surface area contributed by atoms with Crippen LogP contribution < -0.4 is 15.4 Å². The van der Waals surface area contributed by atoms with Crippen LogP contribution in [0.4, 0.5) is 24.5 Å². The van der Waals surface area contributed by atoms with E-state index < -0.39 is 18.2 Å². The summed E-state index contributed by atoms with van der Waals surface area (Å²) < 4.78 is 43.8. The molecule has 2 rings (SSSR count). The van der Waals surface area contributed by atoms with Crippen LogP contribution in [0.15, 0.2) is 24.5 Å². The summed E-state index contributed by atoms with van der Waals surface area (Å²) in [4.78, 5) is 1.70. The standard InChI is InChI=1S/C13H15F3N4O/c1-19(6-8-5-18-20(2)7-8)11-4-12(21-13(15)16)9(14)3-10(11)17/h3-5,7,13H,6,17H2,1-2H3. The fraction of sp³-hybridized carbons (Fsp3) is 0.308. The van der Waals surface area contributed by atoms with E-state index in [1.807, 2.05) is 6.20 Å². The van der Waals surface area contributed by atoms with Gasteiger partial charge in [0.25, 0.3) is 0 Å².